The highest BCUT2D eigenvalue weighted by molar-refractivity contribution is 9.10. The molecule has 0 fully saturated rings. The van der Waals surface area contributed by atoms with Gasteiger partial charge in [-0.3, -0.25) is 4.79 Å². The molecular weight excluding hydrogens is 456 g/mol. The number of carbonyl (C=O) groups is 1. The lowest BCUT2D eigenvalue weighted by Crippen LogP contribution is -2.44. The fourth-order valence-corrected chi connectivity index (χ4v) is 4.42. The maximum Gasteiger partial charge on any atom is 0.316 e. The van der Waals surface area contributed by atoms with Crippen molar-refractivity contribution < 1.29 is 14.0 Å². The van der Waals surface area contributed by atoms with Crippen molar-refractivity contribution in [2.24, 2.45) is 5.41 Å². The first kappa shape index (κ1) is 27.4. The molecule has 0 aromatic heterocycles. The van der Waals surface area contributed by atoms with Crippen LogP contribution in [-0.2, 0) is 19.4 Å². The number of rotatable bonds is 8. The van der Waals surface area contributed by atoms with E-state index < -0.39 is 19.3 Å². The van der Waals surface area contributed by atoms with Crippen LogP contribution in [0.25, 0.3) is 0 Å². The molecule has 0 heterocycles. The number of halogens is 1. The molecule has 0 saturated carbocycles. The molecule has 1 aromatic carbocycles. The van der Waals surface area contributed by atoms with Crippen LogP contribution in [0.3, 0.4) is 0 Å². The molecule has 0 bridgehead atoms. The van der Waals surface area contributed by atoms with Crippen LogP contribution < -0.4 is 0 Å². The minimum absolute atomic E-state index is 0.0369. The second-order valence-electron chi connectivity index (χ2n) is 12.1. The van der Waals surface area contributed by atoms with Gasteiger partial charge < -0.3 is 9.16 Å². The largest absolute Gasteiger partial charge is 0.459 e. The molecule has 0 amide bonds. The number of esters is 1. The summed E-state index contributed by atoms with van der Waals surface area (Å²) >= 11 is 3.55. The molecule has 172 valence electrons. The lowest BCUT2D eigenvalue weighted by atomic mass is 9.74. The van der Waals surface area contributed by atoms with E-state index in [1.807, 2.05) is 52.0 Å². The molecule has 0 spiro atoms. The highest BCUT2D eigenvalue weighted by atomic mass is 79.9. The Morgan fingerprint density at radius 1 is 0.967 bits per heavy atom. The van der Waals surface area contributed by atoms with E-state index in [-0.39, 0.29) is 16.4 Å². The maximum atomic E-state index is 13.3. The van der Waals surface area contributed by atoms with Gasteiger partial charge in [0.25, 0.3) is 0 Å². The molecule has 1 unspecified atom stereocenters. The summed E-state index contributed by atoms with van der Waals surface area (Å²) in [6, 6.07) is 8.01. The SMILES string of the molecule is CC(C)(CCC(C)(C(=O)OC(C)(C)C)c1cccc(Br)c1)CO[Si](C)(C)C(C)(C)C. The average molecular weight is 500 g/mol. The third-order valence-electron chi connectivity index (χ3n) is 6.24. The van der Waals surface area contributed by atoms with Crippen molar-refractivity contribution in [2.45, 2.75) is 104 Å². The zero-order chi connectivity index (χ0) is 23.6. The van der Waals surface area contributed by atoms with E-state index in [1.165, 1.54) is 0 Å². The highest BCUT2D eigenvalue weighted by Gasteiger charge is 2.42. The topological polar surface area (TPSA) is 35.5 Å². The van der Waals surface area contributed by atoms with Crippen molar-refractivity contribution in [3.05, 3.63) is 34.3 Å². The predicted molar refractivity (Wildman–Crippen MR) is 134 cm³/mol. The van der Waals surface area contributed by atoms with Gasteiger partial charge in [-0.15, -0.1) is 0 Å². The van der Waals surface area contributed by atoms with Crippen LogP contribution in [0, 0.1) is 5.41 Å². The van der Waals surface area contributed by atoms with Crippen LogP contribution in [0.5, 0.6) is 0 Å². The van der Waals surface area contributed by atoms with E-state index in [0.29, 0.717) is 13.0 Å². The number of benzene rings is 1. The molecule has 1 rings (SSSR count). The van der Waals surface area contributed by atoms with Gasteiger partial charge in [0.2, 0.25) is 0 Å². The van der Waals surface area contributed by atoms with Gasteiger partial charge >= 0.3 is 5.97 Å². The summed E-state index contributed by atoms with van der Waals surface area (Å²) in [7, 11) is -1.81. The summed E-state index contributed by atoms with van der Waals surface area (Å²) in [5, 5.41) is 0.185. The minimum atomic E-state index is -1.81. The van der Waals surface area contributed by atoms with Crippen molar-refractivity contribution in [1.82, 2.24) is 0 Å². The molecule has 0 aliphatic heterocycles. The Bertz CT molecular complexity index is 729. The first-order valence-corrected chi connectivity index (χ1v) is 14.6. The van der Waals surface area contributed by atoms with Crippen LogP contribution >= 0.6 is 15.9 Å². The van der Waals surface area contributed by atoms with Crippen molar-refractivity contribution in [3.63, 3.8) is 0 Å². The monoisotopic (exact) mass is 498 g/mol. The van der Waals surface area contributed by atoms with Crippen LogP contribution in [0.15, 0.2) is 28.7 Å². The Kier molecular flexibility index (Phi) is 8.63. The zero-order valence-corrected chi connectivity index (χ0v) is 23.6. The number of hydrogen-bond acceptors (Lipinski definition) is 3. The number of ether oxygens (including phenoxy) is 1. The average Bonchev–Trinajstić information content (AvgIpc) is 2.55. The van der Waals surface area contributed by atoms with Crippen molar-refractivity contribution in [2.75, 3.05) is 6.61 Å². The van der Waals surface area contributed by atoms with Gasteiger partial charge in [0.05, 0.1) is 5.41 Å². The first-order chi connectivity index (χ1) is 13.3. The summed E-state index contributed by atoms with van der Waals surface area (Å²) < 4.78 is 13.3. The molecule has 3 nitrogen and oxygen atoms in total. The molecule has 0 saturated heterocycles. The van der Waals surface area contributed by atoms with Crippen molar-refractivity contribution in [3.8, 4) is 0 Å². The molecule has 0 N–H and O–H groups in total. The van der Waals surface area contributed by atoms with Crippen LogP contribution in [0.2, 0.25) is 18.1 Å². The summed E-state index contributed by atoms with van der Waals surface area (Å²) in [4.78, 5) is 13.3. The molecule has 30 heavy (non-hydrogen) atoms. The smallest absolute Gasteiger partial charge is 0.316 e. The summed E-state index contributed by atoms with van der Waals surface area (Å²) in [6.07, 6.45) is 1.57. The second kappa shape index (κ2) is 9.46. The summed E-state index contributed by atoms with van der Waals surface area (Å²) in [5.41, 5.74) is -0.297. The molecule has 1 atom stereocenters. The van der Waals surface area contributed by atoms with E-state index in [4.69, 9.17) is 9.16 Å². The van der Waals surface area contributed by atoms with Gasteiger partial charge in [-0.05, 0) is 81.8 Å². The predicted octanol–water partition coefficient (Wildman–Crippen LogP) is 7.88. The van der Waals surface area contributed by atoms with Gasteiger partial charge in [-0.25, -0.2) is 0 Å². The number of carbonyl (C=O) groups excluding carboxylic acids is 1. The zero-order valence-electron chi connectivity index (χ0n) is 21.0. The third-order valence-corrected chi connectivity index (χ3v) is 11.2. The fourth-order valence-electron chi connectivity index (χ4n) is 2.84. The van der Waals surface area contributed by atoms with E-state index in [2.05, 4.69) is 63.6 Å². The van der Waals surface area contributed by atoms with Gasteiger partial charge in [0, 0.05) is 11.1 Å². The van der Waals surface area contributed by atoms with E-state index in [0.717, 1.165) is 16.5 Å². The van der Waals surface area contributed by atoms with Gasteiger partial charge in [0.1, 0.15) is 5.60 Å². The van der Waals surface area contributed by atoms with Crippen molar-refractivity contribution >= 4 is 30.2 Å². The molecular formula is C25H43BrO3Si. The second-order valence-corrected chi connectivity index (χ2v) is 17.8. The highest BCUT2D eigenvalue weighted by Crippen LogP contribution is 2.40. The van der Waals surface area contributed by atoms with E-state index in [9.17, 15) is 4.79 Å². The molecule has 0 aliphatic rings. The lowest BCUT2D eigenvalue weighted by Gasteiger charge is -2.40. The van der Waals surface area contributed by atoms with Gasteiger partial charge in [-0.2, -0.15) is 0 Å². The summed E-state index contributed by atoms with van der Waals surface area (Å²) in [6.45, 7) is 24.3. The van der Waals surface area contributed by atoms with Gasteiger partial charge in [0.15, 0.2) is 8.32 Å². The molecule has 5 heteroatoms. The summed E-state index contributed by atoms with van der Waals surface area (Å²) in [5.74, 6) is -0.172. The standard InChI is InChI=1S/C25H43BrO3Si/c1-22(2,3)29-21(27)25(9,19-13-12-14-20(26)17-19)16-15-24(7,8)18-28-30(10,11)23(4,5)6/h12-14,17H,15-16,18H2,1-11H3. The lowest BCUT2D eigenvalue weighted by molar-refractivity contribution is -0.162. The van der Waals surface area contributed by atoms with Crippen molar-refractivity contribution in [1.29, 1.82) is 0 Å². The fraction of sp³-hybridized carbons (Fsp3) is 0.720. The van der Waals surface area contributed by atoms with Crippen LogP contribution in [0.4, 0.5) is 0 Å². The maximum absolute atomic E-state index is 13.3. The minimum Gasteiger partial charge on any atom is -0.459 e. The Morgan fingerprint density at radius 3 is 2.00 bits per heavy atom. The Hall–Kier alpha value is -0.653. The van der Waals surface area contributed by atoms with E-state index in [1.54, 1.807) is 0 Å². The first-order valence-electron chi connectivity index (χ1n) is 10.9. The number of hydrogen-bond donors (Lipinski definition) is 0. The van der Waals surface area contributed by atoms with Gasteiger partial charge in [-0.1, -0.05) is 62.7 Å². The quantitative estimate of drug-likeness (QED) is 0.270. The van der Waals surface area contributed by atoms with Crippen LogP contribution in [0.1, 0.15) is 80.7 Å². The normalized spacial score (nSPS) is 15.6. The molecule has 1 aromatic rings. The Balaban J connectivity index is 3.06. The Labute approximate surface area is 194 Å². The van der Waals surface area contributed by atoms with Crippen LogP contribution in [-0.4, -0.2) is 26.5 Å². The molecule has 0 radical (unpaired) electrons. The Morgan fingerprint density at radius 2 is 1.53 bits per heavy atom. The van der Waals surface area contributed by atoms with E-state index >= 15 is 0 Å². The third kappa shape index (κ3) is 7.80. The molecule has 0 aliphatic carbocycles.